The van der Waals surface area contributed by atoms with Crippen LogP contribution in [-0.4, -0.2) is 30.5 Å². The van der Waals surface area contributed by atoms with Gasteiger partial charge in [-0.25, -0.2) is 0 Å². The van der Waals surface area contributed by atoms with Crippen molar-refractivity contribution in [2.24, 2.45) is 11.1 Å². The molecule has 1 aromatic carbocycles. The molecular weight excluding hydrogens is 246 g/mol. The summed E-state index contributed by atoms with van der Waals surface area (Å²) in [4.78, 5) is 0. The van der Waals surface area contributed by atoms with Crippen LogP contribution in [0, 0.1) is 5.41 Å². The lowest BCUT2D eigenvalue weighted by Gasteiger charge is -2.31. The highest BCUT2D eigenvalue weighted by molar-refractivity contribution is 5.53. The van der Waals surface area contributed by atoms with Gasteiger partial charge in [0.1, 0.15) is 0 Å². The molecule has 108 valence electrons. The number of aliphatic hydroxyl groups excluding tert-OH is 1. The maximum Gasteiger partial charge on any atom is 0.200 e. The molecule has 5 nitrogen and oxygen atoms in total. The minimum Gasteiger partial charge on any atom is -0.502 e. The Kier molecular flexibility index (Phi) is 4.66. The molecule has 0 radical (unpaired) electrons. The fourth-order valence-corrected chi connectivity index (χ4v) is 1.83. The van der Waals surface area contributed by atoms with E-state index < -0.39 is 12.1 Å². The van der Waals surface area contributed by atoms with Crippen LogP contribution >= 0.6 is 0 Å². The summed E-state index contributed by atoms with van der Waals surface area (Å²) < 4.78 is 10.2. The molecule has 0 amide bonds. The van der Waals surface area contributed by atoms with Crippen molar-refractivity contribution in [1.82, 2.24) is 0 Å². The SMILES string of the molecule is COc1cc([C@H](N)[C@H](O)C(C)(C)C)cc(OC)c1O. The van der Waals surface area contributed by atoms with Crippen molar-refractivity contribution in [3.63, 3.8) is 0 Å². The summed E-state index contributed by atoms with van der Waals surface area (Å²) in [6.07, 6.45) is -0.730. The first-order valence-electron chi connectivity index (χ1n) is 6.11. The summed E-state index contributed by atoms with van der Waals surface area (Å²) >= 11 is 0. The first-order valence-corrected chi connectivity index (χ1v) is 6.11. The Balaban J connectivity index is 3.20. The molecule has 0 fully saturated rings. The van der Waals surface area contributed by atoms with Crippen LogP contribution < -0.4 is 15.2 Å². The Morgan fingerprint density at radius 2 is 1.53 bits per heavy atom. The van der Waals surface area contributed by atoms with E-state index in [2.05, 4.69) is 0 Å². The van der Waals surface area contributed by atoms with E-state index in [9.17, 15) is 10.2 Å². The molecule has 0 spiro atoms. The summed E-state index contributed by atoms with van der Waals surface area (Å²) in [6, 6.07) is 2.62. The third-order valence-electron chi connectivity index (χ3n) is 3.11. The number of phenolic OH excluding ortho intramolecular Hbond substituents is 1. The Bertz CT molecular complexity index is 415. The van der Waals surface area contributed by atoms with Crippen molar-refractivity contribution in [3.8, 4) is 17.2 Å². The topological polar surface area (TPSA) is 84.9 Å². The molecule has 0 aliphatic rings. The number of rotatable bonds is 4. The first kappa shape index (κ1) is 15.6. The molecule has 1 aromatic rings. The predicted octanol–water partition coefficient (Wildman–Crippen LogP) is 1.82. The maximum atomic E-state index is 10.2. The van der Waals surface area contributed by atoms with Crippen molar-refractivity contribution in [1.29, 1.82) is 0 Å². The smallest absolute Gasteiger partial charge is 0.200 e. The Morgan fingerprint density at radius 3 is 1.84 bits per heavy atom. The molecule has 0 aromatic heterocycles. The zero-order valence-corrected chi connectivity index (χ0v) is 12.1. The normalized spacial score (nSPS) is 14.9. The van der Waals surface area contributed by atoms with E-state index in [4.69, 9.17) is 15.2 Å². The van der Waals surface area contributed by atoms with E-state index in [0.717, 1.165) is 0 Å². The highest BCUT2D eigenvalue weighted by Crippen LogP contribution is 2.40. The zero-order valence-electron chi connectivity index (χ0n) is 12.1. The van der Waals surface area contributed by atoms with Crippen molar-refractivity contribution < 1.29 is 19.7 Å². The lowest BCUT2D eigenvalue weighted by molar-refractivity contribution is 0.0400. The fourth-order valence-electron chi connectivity index (χ4n) is 1.83. The van der Waals surface area contributed by atoms with Crippen molar-refractivity contribution in [2.75, 3.05) is 14.2 Å². The number of phenols is 1. The molecule has 0 saturated carbocycles. The van der Waals surface area contributed by atoms with Gasteiger partial charge in [-0.1, -0.05) is 20.8 Å². The van der Waals surface area contributed by atoms with E-state index in [0.29, 0.717) is 5.56 Å². The molecule has 0 unspecified atom stereocenters. The van der Waals surface area contributed by atoms with Crippen LogP contribution in [0.2, 0.25) is 0 Å². The first-order chi connectivity index (χ1) is 8.72. The van der Waals surface area contributed by atoms with E-state index in [1.165, 1.54) is 14.2 Å². The number of hydrogen-bond acceptors (Lipinski definition) is 5. The fraction of sp³-hybridized carbons (Fsp3) is 0.571. The van der Waals surface area contributed by atoms with Crippen LogP contribution in [0.3, 0.4) is 0 Å². The van der Waals surface area contributed by atoms with Crippen LogP contribution in [0.25, 0.3) is 0 Å². The van der Waals surface area contributed by atoms with Gasteiger partial charge in [0.15, 0.2) is 11.5 Å². The van der Waals surface area contributed by atoms with Gasteiger partial charge in [-0.3, -0.25) is 0 Å². The summed E-state index contributed by atoms with van der Waals surface area (Å²) in [5.74, 6) is 0.461. The molecule has 1 rings (SSSR count). The summed E-state index contributed by atoms with van der Waals surface area (Å²) in [6.45, 7) is 5.73. The molecule has 0 heterocycles. The molecule has 5 heteroatoms. The van der Waals surface area contributed by atoms with E-state index in [-0.39, 0.29) is 22.7 Å². The predicted molar refractivity (Wildman–Crippen MR) is 73.6 cm³/mol. The van der Waals surface area contributed by atoms with Gasteiger partial charge in [0.2, 0.25) is 5.75 Å². The van der Waals surface area contributed by atoms with Gasteiger partial charge in [-0.2, -0.15) is 0 Å². The van der Waals surface area contributed by atoms with Gasteiger partial charge in [-0.05, 0) is 23.1 Å². The van der Waals surface area contributed by atoms with Gasteiger partial charge >= 0.3 is 0 Å². The molecular formula is C14H23NO4. The minimum absolute atomic E-state index is 0.0776. The highest BCUT2D eigenvalue weighted by Gasteiger charge is 2.30. The number of hydrogen-bond donors (Lipinski definition) is 3. The summed E-state index contributed by atoms with van der Waals surface area (Å²) in [5, 5.41) is 20.1. The third-order valence-corrected chi connectivity index (χ3v) is 3.11. The quantitative estimate of drug-likeness (QED) is 0.776. The molecule has 4 N–H and O–H groups in total. The molecule has 0 saturated heterocycles. The van der Waals surface area contributed by atoms with Crippen molar-refractivity contribution in [2.45, 2.75) is 32.9 Å². The molecule has 2 atom stereocenters. The van der Waals surface area contributed by atoms with Gasteiger partial charge in [0, 0.05) is 0 Å². The highest BCUT2D eigenvalue weighted by atomic mass is 16.5. The van der Waals surface area contributed by atoms with Gasteiger partial charge < -0.3 is 25.4 Å². The minimum atomic E-state index is -0.730. The van der Waals surface area contributed by atoms with Gasteiger partial charge in [-0.15, -0.1) is 0 Å². The van der Waals surface area contributed by atoms with E-state index in [1.54, 1.807) is 12.1 Å². The molecule has 19 heavy (non-hydrogen) atoms. The maximum absolute atomic E-state index is 10.2. The average Bonchev–Trinajstić information content (AvgIpc) is 2.36. The van der Waals surface area contributed by atoms with Crippen molar-refractivity contribution in [3.05, 3.63) is 17.7 Å². The summed E-state index contributed by atoms with van der Waals surface area (Å²) in [7, 11) is 2.90. The number of benzene rings is 1. The van der Waals surface area contributed by atoms with Crippen LogP contribution in [0.5, 0.6) is 17.2 Å². The molecule has 0 bridgehead atoms. The number of methoxy groups -OCH3 is 2. The zero-order chi connectivity index (χ0) is 14.8. The number of ether oxygens (including phenoxy) is 2. The molecule has 0 aliphatic carbocycles. The van der Waals surface area contributed by atoms with Crippen LogP contribution in [0.1, 0.15) is 32.4 Å². The van der Waals surface area contributed by atoms with E-state index in [1.807, 2.05) is 20.8 Å². The average molecular weight is 269 g/mol. The largest absolute Gasteiger partial charge is 0.502 e. The lowest BCUT2D eigenvalue weighted by Crippen LogP contribution is -2.36. The van der Waals surface area contributed by atoms with Crippen LogP contribution in [0.15, 0.2) is 12.1 Å². The lowest BCUT2D eigenvalue weighted by atomic mass is 9.82. The summed E-state index contributed by atoms with van der Waals surface area (Å²) in [5.41, 5.74) is 6.38. The standard InChI is InChI=1S/C14H23NO4/c1-14(2,3)13(17)11(15)8-6-9(18-4)12(16)10(7-8)19-5/h6-7,11,13,16-17H,15H2,1-5H3/t11-,13-/m0/s1. The number of aliphatic hydroxyl groups is 1. The van der Waals surface area contributed by atoms with Crippen molar-refractivity contribution >= 4 is 0 Å². The Labute approximate surface area is 114 Å². The number of nitrogens with two attached hydrogens (primary N) is 1. The second-order valence-electron chi connectivity index (χ2n) is 5.61. The van der Waals surface area contributed by atoms with Crippen LogP contribution in [0.4, 0.5) is 0 Å². The third kappa shape index (κ3) is 3.30. The van der Waals surface area contributed by atoms with E-state index >= 15 is 0 Å². The molecule has 0 aliphatic heterocycles. The van der Waals surface area contributed by atoms with Gasteiger partial charge in [0.25, 0.3) is 0 Å². The van der Waals surface area contributed by atoms with Crippen LogP contribution in [-0.2, 0) is 0 Å². The second kappa shape index (κ2) is 5.67. The second-order valence-corrected chi connectivity index (χ2v) is 5.61. The van der Waals surface area contributed by atoms with Gasteiger partial charge in [0.05, 0.1) is 26.4 Å². The Hall–Kier alpha value is -1.46. The Morgan fingerprint density at radius 1 is 1.11 bits per heavy atom. The monoisotopic (exact) mass is 269 g/mol. The number of aromatic hydroxyl groups is 1.